The molecule has 6 nitrogen and oxygen atoms in total. The van der Waals surface area contributed by atoms with Gasteiger partial charge in [0.05, 0.1) is 38.0 Å². The molecule has 0 unspecified atom stereocenters. The second-order valence-electron chi connectivity index (χ2n) is 7.34. The van der Waals surface area contributed by atoms with Crippen LogP contribution in [0.1, 0.15) is 49.8 Å². The van der Waals surface area contributed by atoms with Gasteiger partial charge in [-0.1, -0.05) is 43.1 Å². The quantitative estimate of drug-likeness (QED) is 0.0898. The summed E-state index contributed by atoms with van der Waals surface area (Å²) in [6.45, 7) is 4.60. The van der Waals surface area contributed by atoms with E-state index in [0.29, 0.717) is 29.5 Å². The van der Waals surface area contributed by atoms with Crippen molar-refractivity contribution >= 4 is 35.0 Å². The van der Waals surface area contributed by atoms with Crippen LogP contribution in [0.25, 0.3) is 0 Å². The van der Waals surface area contributed by atoms with Crippen LogP contribution in [0.5, 0.6) is 11.5 Å². The molecule has 0 aliphatic carbocycles. The molecule has 2 rings (SSSR count). The molecule has 0 aromatic heterocycles. The van der Waals surface area contributed by atoms with E-state index in [2.05, 4.69) is 12.1 Å². The van der Waals surface area contributed by atoms with Gasteiger partial charge in [-0.3, -0.25) is 4.79 Å². The molecule has 0 fully saturated rings. The summed E-state index contributed by atoms with van der Waals surface area (Å²) < 4.78 is 16.5. The van der Waals surface area contributed by atoms with E-state index in [4.69, 9.17) is 25.8 Å². The van der Waals surface area contributed by atoms with Gasteiger partial charge in [0.15, 0.2) is 0 Å². The first-order valence-corrected chi connectivity index (χ1v) is 12.4. The topological polar surface area (TPSA) is 77.4 Å². The lowest BCUT2D eigenvalue weighted by Crippen LogP contribution is -2.08. The van der Waals surface area contributed by atoms with E-state index < -0.39 is 0 Å². The third kappa shape index (κ3) is 7.57. The number of esters is 1. The highest BCUT2D eigenvalue weighted by Gasteiger charge is 2.18. The number of carbonyl (C=O) groups excluding carboxylic acids is 1. The fourth-order valence-corrected chi connectivity index (χ4v) is 4.65. The van der Waals surface area contributed by atoms with Crippen molar-refractivity contribution in [2.75, 3.05) is 26.6 Å². The Morgan fingerprint density at radius 1 is 1.18 bits per heavy atom. The summed E-state index contributed by atoms with van der Waals surface area (Å²) in [5.74, 6) is 2.05. The summed E-state index contributed by atoms with van der Waals surface area (Å²) in [4.78, 5) is 12.4. The van der Waals surface area contributed by atoms with Gasteiger partial charge in [-0.2, -0.15) is 0 Å². The van der Waals surface area contributed by atoms with Crippen LogP contribution in [0.15, 0.2) is 40.4 Å². The van der Waals surface area contributed by atoms with Crippen molar-refractivity contribution in [1.82, 2.24) is 0 Å². The lowest BCUT2D eigenvalue weighted by molar-refractivity contribution is -0.139. The van der Waals surface area contributed by atoms with Gasteiger partial charge in [-0.25, -0.2) is 0 Å². The first kappa shape index (κ1) is 26.9. The van der Waals surface area contributed by atoms with E-state index in [0.717, 1.165) is 52.4 Å². The predicted octanol–water partition coefficient (Wildman–Crippen LogP) is 6.17. The Balaban J connectivity index is 1.98. The number of ether oxygens (including phenoxy) is 3. The van der Waals surface area contributed by atoms with Crippen LogP contribution in [0, 0.1) is 0 Å². The highest BCUT2D eigenvalue weighted by molar-refractivity contribution is 7.99. The molecule has 2 aromatic rings. The summed E-state index contributed by atoms with van der Waals surface area (Å²) in [6, 6.07) is 9.45. The number of methoxy groups -OCH3 is 2. The van der Waals surface area contributed by atoms with Gasteiger partial charge in [0, 0.05) is 21.8 Å². The molecular weight excluding hydrogens is 462 g/mol. The molecule has 0 amide bonds. The number of carbonyl (C=O) groups is 1. The first-order chi connectivity index (χ1) is 16.0. The molecule has 0 saturated carbocycles. The molecule has 180 valence electrons. The van der Waals surface area contributed by atoms with Gasteiger partial charge in [0.25, 0.3) is 0 Å². The molecule has 0 spiro atoms. The highest BCUT2D eigenvalue weighted by atomic mass is 35.5. The van der Waals surface area contributed by atoms with Crippen LogP contribution >= 0.6 is 23.4 Å². The number of oxime groups is 1. The second kappa shape index (κ2) is 14.0. The Kier molecular flexibility index (Phi) is 11.4. The fraction of sp³-hybridized carbons (Fsp3) is 0.440. The van der Waals surface area contributed by atoms with Crippen LogP contribution in [-0.4, -0.2) is 43.5 Å². The zero-order valence-corrected chi connectivity index (χ0v) is 21.2. The van der Waals surface area contributed by atoms with Crippen LogP contribution in [-0.2, 0) is 22.4 Å². The number of nitrogens with zero attached hydrogens (tertiary/aromatic N) is 1. The Morgan fingerprint density at radius 2 is 1.97 bits per heavy atom. The van der Waals surface area contributed by atoms with E-state index in [9.17, 15) is 10.0 Å². The summed E-state index contributed by atoms with van der Waals surface area (Å²) in [7, 11) is 3.00. The van der Waals surface area contributed by atoms with E-state index in [1.165, 1.54) is 7.11 Å². The number of thioether (sulfide) groups is 1. The van der Waals surface area contributed by atoms with Crippen molar-refractivity contribution < 1.29 is 24.2 Å². The largest absolute Gasteiger partial charge is 0.496 e. The molecule has 8 heteroatoms. The van der Waals surface area contributed by atoms with Crippen LogP contribution < -0.4 is 9.47 Å². The van der Waals surface area contributed by atoms with Gasteiger partial charge in [0.2, 0.25) is 0 Å². The van der Waals surface area contributed by atoms with Crippen molar-refractivity contribution in [3.05, 3.63) is 52.0 Å². The normalized spacial score (nSPS) is 11.4. The van der Waals surface area contributed by atoms with E-state index in [1.54, 1.807) is 18.9 Å². The molecule has 33 heavy (non-hydrogen) atoms. The standard InChI is InChI=1S/C25H32ClNO5S/c1-5-8-19-22(11-10-18(25(19)31-4)21(6-2)27-29)32-13-7-14-33-23-12-9-17(15-20(23)26)16-24(28)30-3/h9-12,15,29H,5-8,13-14,16H2,1-4H3. The number of benzene rings is 2. The minimum absolute atomic E-state index is 0.210. The fourth-order valence-electron chi connectivity index (χ4n) is 3.44. The lowest BCUT2D eigenvalue weighted by Gasteiger charge is -2.18. The summed E-state index contributed by atoms with van der Waals surface area (Å²) >= 11 is 8.03. The average molecular weight is 494 g/mol. The molecule has 0 bridgehead atoms. The van der Waals surface area contributed by atoms with Crippen LogP contribution in [0.3, 0.4) is 0 Å². The maximum absolute atomic E-state index is 11.4. The van der Waals surface area contributed by atoms with Gasteiger partial charge >= 0.3 is 5.97 Å². The Bertz CT molecular complexity index is 964. The van der Waals surface area contributed by atoms with Gasteiger partial charge in [-0.05, 0) is 49.1 Å². The summed E-state index contributed by atoms with van der Waals surface area (Å²) in [5, 5.41) is 13.4. The third-order valence-electron chi connectivity index (χ3n) is 5.06. The Hall–Kier alpha value is -2.38. The Labute approximate surface area is 205 Å². The third-order valence-corrected chi connectivity index (χ3v) is 6.65. The van der Waals surface area contributed by atoms with Crippen LogP contribution in [0.4, 0.5) is 0 Å². The smallest absolute Gasteiger partial charge is 0.309 e. The summed E-state index contributed by atoms with van der Waals surface area (Å²) in [5.41, 5.74) is 3.20. The van der Waals surface area contributed by atoms with Crippen LogP contribution in [0.2, 0.25) is 5.02 Å². The SMILES string of the molecule is CCCc1c(OCCCSc2ccc(CC(=O)OC)cc2Cl)ccc(C(CC)=NO)c1OC. The zero-order valence-electron chi connectivity index (χ0n) is 19.7. The minimum Gasteiger partial charge on any atom is -0.496 e. The predicted molar refractivity (Wildman–Crippen MR) is 134 cm³/mol. The number of hydrogen-bond acceptors (Lipinski definition) is 7. The number of halogens is 1. The van der Waals surface area contributed by atoms with Crippen molar-refractivity contribution in [2.45, 2.75) is 50.8 Å². The second-order valence-corrected chi connectivity index (χ2v) is 8.89. The molecule has 0 radical (unpaired) electrons. The first-order valence-electron chi connectivity index (χ1n) is 11.0. The minimum atomic E-state index is -0.287. The highest BCUT2D eigenvalue weighted by Crippen LogP contribution is 2.35. The molecular formula is C25H32ClNO5S. The lowest BCUT2D eigenvalue weighted by atomic mass is 9.99. The maximum atomic E-state index is 11.4. The van der Waals surface area contributed by atoms with E-state index in [1.807, 2.05) is 37.3 Å². The maximum Gasteiger partial charge on any atom is 0.309 e. The van der Waals surface area contributed by atoms with Gasteiger partial charge in [0.1, 0.15) is 11.5 Å². The number of rotatable bonds is 13. The van der Waals surface area contributed by atoms with E-state index in [-0.39, 0.29) is 12.4 Å². The van der Waals surface area contributed by atoms with Crippen molar-refractivity contribution in [3.8, 4) is 11.5 Å². The van der Waals surface area contributed by atoms with Gasteiger partial charge in [-0.15, -0.1) is 11.8 Å². The molecule has 0 aliphatic rings. The van der Waals surface area contributed by atoms with Crippen molar-refractivity contribution in [1.29, 1.82) is 0 Å². The summed E-state index contributed by atoms with van der Waals surface area (Å²) in [6.07, 6.45) is 3.38. The zero-order chi connectivity index (χ0) is 24.2. The molecule has 0 saturated heterocycles. The van der Waals surface area contributed by atoms with E-state index >= 15 is 0 Å². The molecule has 0 atom stereocenters. The molecule has 2 aromatic carbocycles. The van der Waals surface area contributed by atoms with Crippen molar-refractivity contribution in [2.24, 2.45) is 5.16 Å². The molecule has 0 aliphatic heterocycles. The monoisotopic (exact) mass is 493 g/mol. The molecule has 0 heterocycles. The van der Waals surface area contributed by atoms with Gasteiger partial charge < -0.3 is 19.4 Å². The number of hydrogen-bond donors (Lipinski definition) is 1. The average Bonchev–Trinajstić information content (AvgIpc) is 2.82. The molecule has 1 N–H and O–H groups in total. The Morgan fingerprint density at radius 3 is 2.58 bits per heavy atom. The van der Waals surface area contributed by atoms with Crippen molar-refractivity contribution in [3.63, 3.8) is 0 Å².